The molecular formula is C15H22ClNO2. The summed E-state index contributed by atoms with van der Waals surface area (Å²) in [7, 11) is 1.61. The second kappa shape index (κ2) is 8.05. The zero-order valence-electron chi connectivity index (χ0n) is 11.8. The van der Waals surface area contributed by atoms with Gasteiger partial charge in [0.05, 0.1) is 13.5 Å². The Morgan fingerprint density at radius 3 is 2.63 bits per heavy atom. The molecule has 1 unspecified atom stereocenters. The van der Waals surface area contributed by atoms with Crippen LogP contribution in [-0.2, 0) is 11.2 Å². The lowest BCUT2D eigenvalue weighted by Crippen LogP contribution is -2.38. The average Bonchev–Trinajstić information content (AvgIpc) is 2.38. The van der Waals surface area contributed by atoms with Gasteiger partial charge in [-0.05, 0) is 18.4 Å². The molecule has 1 amide bonds. The summed E-state index contributed by atoms with van der Waals surface area (Å²) in [6, 6.07) is 7.58. The lowest BCUT2D eigenvalue weighted by Gasteiger charge is -2.18. The molecule has 3 nitrogen and oxygen atoms in total. The second-order valence-electron chi connectivity index (χ2n) is 5.04. The highest BCUT2D eigenvalue weighted by molar-refractivity contribution is 6.18. The predicted molar refractivity (Wildman–Crippen MR) is 78.8 cm³/mol. The van der Waals surface area contributed by atoms with Gasteiger partial charge in [-0.3, -0.25) is 4.79 Å². The third-order valence-corrected chi connectivity index (χ3v) is 3.22. The maximum atomic E-state index is 12.0. The number of carbonyl (C=O) groups excluding carboxylic acids is 1. The number of benzene rings is 1. The number of methoxy groups -OCH3 is 1. The molecule has 0 heterocycles. The Balaban J connectivity index is 2.59. The van der Waals surface area contributed by atoms with Crippen LogP contribution in [0.4, 0.5) is 0 Å². The molecule has 1 aromatic rings. The Morgan fingerprint density at radius 2 is 2.05 bits per heavy atom. The van der Waals surface area contributed by atoms with Crippen molar-refractivity contribution in [2.45, 2.75) is 32.7 Å². The third kappa shape index (κ3) is 5.52. The van der Waals surface area contributed by atoms with E-state index in [9.17, 15) is 4.79 Å². The van der Waals surface area contributed by atoms with Crippen molar-refractivity contribution in [3.05, 3.63) is 29.8 Å². The van der Waals surface area contributed by atoms with Crippen molar-refractivity contribution < 1.29 is 9.53 Å². The summed E-state index contributed by atoms with van der Waals surface area (Å²) in [5.74, 6) is 1.67. The number of hydrogen-bond acceptors (Lipinski definition) is 2. The molecule has 1 N–H and O–H groups in total. The molecule has 0 aliphatic rings. The molecule has 1 aromatic carbocycles. The minimum Gasteiger partial charge on any atom is -0.496 e. The van der Waals surface area contributed by atoms with Crippen LogP contribution in [0.15, 0.2) is 24.3 Å². The third-order valence-electron chi connectivity index (χ3n) is 2.85. The van der Waals surface area contributed by atoms with Gasteiger partial charge in [-0.2, -0.15) is 0 Å². The van der Waals surface area contributed by atoms with Gasteiger partial charge in [0.15, 0.2) is 0 Å². The van der Waals surface area contributed by atoms with Gasteiger partial charge in [-0.1, -0.05) is 32.0 Å². The van der Waals surface area contributed by atoms with Crippen molar-refractivity contribution in [2.24, 2.45) is 5.92 Å². The van der Waals surface area contributed by atoms with Crippen LogP contribution < -0.4 is 10.1 Å². The van der Waals surface area contributed by atoms with Crippen molar-refractivity contribution in [2.75, 3.05) is 13.0 Å². The molecule has 0 saturated heterocycles. The summed E-state index contributed by atoms with van der Waals surface area (Å²) in [5, 5.41) is 2.97. The number of ether oxygens (including phenoxy) is 1. The number of halogens is 1. The van der Waals surface area contributed by atoms with E-state index >= 15 is 0 Å². The van der Waals surface area contributed by atoms with E-state index in [1.807, 2.05) is 24.3 Å². The molecule has 0 saturated carbocycles. The SMILES string of the molecule is COc1ccccc1CC(=O)NC(CCl)CC(C)C. The van der Waals surface area contributed by atoms with Crippen LogP contribution in [0.1, 0.15) is 25.8 Å². The molecule has 0 radical (unpaired) electrons. The van der Waals surface area contributed by atoms with E-state index in [1.54, 1.807) is 7.11 Å². The lowest BCUT2D eigenvalue weighted by molar-refractivity contribution is -0.121. The first-order valence-electron chi connectivity index (χ1n) is 6.54. The molecule has 0 spiro atoms. The van der Waals surface area contributed by atoms with E-state index in [-0.39, 0.29) is 11.9 Å². The van der Waals surface area contributed by atoms with Gasteiger partial charge in [-0.25, -0.2) is 0 Å². The lowest BCUT2D eigenvalue weighted by atomic mass is 10.0. The molecule has 1 atom stereocenters. The van der Waals surface area contributed by atoms with Gasteiger partial charge in [0.25, 0.3) is 0 Å². The van der Waals surface area contributed by atoms with E-state index < -0.39 is 0 Å². The Kier molecular flexibility index (Phi) is 6.71. The van der Waals surface area contributed by atoms with Gasteiger partial charge < -0.3 is 10.1 Å². The monoisotopic (exact) mass is 283 g/mol. The number of alkyl halides is 1. The van der Waals surface area contributed by atoms with E-state index in [4.69, 9.17) is 16.3 Å². The predicted octanol–water partition coefficient (Wildman–Crippen LogP) is 3.01. The van der Waals surface area contributed by atoms with Gasteiger partial charge >= 0.3 is 0 Å². The zero-order valence-corrected chi connectivity index (χ0v) is 12.5. The van der Waals surface area contributed by atoms with E-state index in [2.05, 4.69) is 19.2 Å². The summed E-state index contributed by atoms with van der Waals surface area (Å²) in [5.41, 5.74) is 0.889. The molecular weight excluding hydrogens is 262 g/mol. The fraction of sp³-hybridized carbons (Fsp3) is 0.533. The van der Waals surface area contributed by atoms with Crippen molar-refractivity contribution in [1.29, 1.82) is 0 Å². The normalized spacial score (nSPS) is 12.3. The molecule has 4 heteroatoms. The van der Waals surface area contributed by atoms with Crippen LogP contribution in [0.2, 0.25) is 0 Å². The molecule has 0 aliphatic heterocycles. The summed E-state index contributed by atoms with van der Waals surface area (Å²) in [6.45, 7) is 4.23. The fourth-order valence-corrected chi connectivity index (χ4v) is 2.23. The highest BCUT2D eigenvalue weighted by atomic mass is 35.5. The molecule has 0 bridgehead atoms. The van der Waals surface area contributed by atoms with Gasteiger partial charge in [0.1, 0.15) is 5.75 Å². The molecule has 0 fully saturated rings. The van der Waals surface area contributed by atoms with Gasteiger partial charge in [-0.15, -0.1) is 11.6 Å². The minimum absolute atomic E-state index is 0.0178. The Hall–Kier alpha value is -1.22. The highest BCUT2D eigenvalue weighted by Crippen LogP contribution is 2.17. The van der Waals surface area contributed by atoms with Crippen LogP contribution in [-0.4, -0.2) is 24.9 Å². The molecule has 19 heavy (non-hydrogen) atoms. The second-order valence-corrected chi connectivity index (χ2v) is 5.35. The van der Waals surface area contributed by atoms with Crippen molar-refractivity contribution in [3.8, 4) is 5.75 Å². The first-order valence-corrected chi connectivity index (χ1v) is 7.07. The number of nitrogens with one attached hydrogen (secondary N) is 1. The Bertz CT molecular complexity index is 407. The zero-order chi connectivity index (χ0) is 14.3. The summed E-state index contributed by atoms with van der Waals surface area (Å²) in [6.07, 6.45) is 1.21. The van der Waals surface area contributed by atoms with Crippen LogP contribution in [0.25, 0.3) is 0 Å². The summed E-state index contributed by atoms with van der Waals surface area (Å²) >= 11 is 5.88. The average molecular weight is 284 g/mol. The first-order chi connectivity index (χ1) is 9.06. The van der Waals surface area contributed by atoms with Gasteiger partial charge in [0, 0.05) is 17.5 Å². The quantitative estimate of drug-likeness (QED) is 0.781. The maximum Gasteiger partial charge on any atom is 0.224 e. The molecule has 0 aromatic heterocycles. The Morgan fingerprint density at radius 1 is 1.37 bits per heavy atom. The number of carbonyl (C=O) groups is 1. The van der Waals surface area contributed by atoms with Gasteiger partial charge in [0.2, 0.25) is 5.91 Å². The minimum atomic E-state index is -0.0178. The standard InChI is InChI=1S/C15H22ClNO2/c1-11(2)8-13(10-16)17-15(18)9-12-6-4-5-7-14(12)19-3/h4-7,11,13H,8-10H2,1-3H3,(H,17,18). The first kappa shape index (κ1) is 15.8. The maximum absolute atomic E-state index is 12.0. The fourth-order valence-electron chi connectivity index (χ4n) is 2.03. The van der Waals surface area contributed by atoms with Crippen LogP contribution in [0, 0.1) is 5.92 Å². The molecule has 1 rings (SSSR count). The molecule has 0 aliphatic carbocycles. The van der Waals surface area contributed by atoms with Crippen LogP contribution >= 0.6 is 11.6 Å². The number of rotatable bonds is 7. The van der Waals surface area contributed by atoms with Crippen molar-refractivity contribution in [3.63, 3.8) is 0 Å². The number of hydrogen-bond donors (Lipinski definition) is 1. The Labute approximate surface area is 120 Å². The van der Waals surface area contributed by atoms with E-state index in [1.165, 1.54) is 0 Å². The van der Waals surface area contributed by atoms with Crippen LogP contribution in [0.3, 0.4) is 0 Å². The number of amides is 1. The smallest absolute Gasteiger partial charge is 0.224 e. The van der Waals surface area contributed by atoms with Crippen molar-refractivity contribution >= 4 is 17.5 Å². The van der Waals surface area contributed by atoms with Crippen LogP contribution in [0.5, 0.6) is 5.75 Å². The summed E-state index contributed by atoms with van der Waals surface area (Å²) < 4.78 is 5.24. The largest absolute Gasteiger partial charge is 0.496 e. The topological polar surface area (TPSA) is 38.3 Å². The van der Waals surface area contributed by atoms with E-state index in [0.717, 1.165) is 17.7 Å². The summed E-state index contributed by atoms with van der Waals surface area (Å²) in [4.78, 5) is 12.0. The molecule has 106 valence electrons. The highest BCUT2D eigenvalue weighted by Gasteiger charge is 2.14. The number of para-hydroxylation sites is 1. The van der Waals surface area contributed by atoms with E-state index in [0.29, 0.717) is 18.2 Å². The van der Waals surface area contributed by atoms with Crippen molar-refractivity contribution in [1.82, 2.24) is 5.32 Å².